The first-order chi connectivity index (χ1) is 11.4. The fourth-order valence-electron chi connectivity index (χ4n) is 2.96. The average molecular weight is 331 g/mol. The van der Waals surface area contributed by atoms with E-state index in [9.17, 15) is 4.79 Å². The summed E-state index contributed by atoms with van der Waals surface area (Å²) in [5.41, 5.74) is 2.02. The average Bonchev–Trinajstić information content (AvgIpc) is 2.92. The Morgan fingerprint density at radius 3 is 2.79 bits per heavy atom. The van der Waals surface area contributed by atoms with Crippen LogP contribution in [0, 0.1) is 0 Å². The monoisotopic (exact) mass is 331 g/mol. The van der Waals surface area contributed by atoms with Crippen LogP contribution in [0.5, 0.6) is 5.75 Å². The predicted octanol–water partition coefficient (Wildman–Crippen LogP) is 3.36. The van der Waals surface area contributed by atoms with Crippen molar-refractivity contribution in [1.82, 2.24) is 5.32 Å². The highest BCUT2D eigenvalue weighted by Crippen LogP contribution is 2.28. The van der Waals surface area contributed by atoms with E-state index in [1.165, 1.54) is 11.1 Å². The zero-order chi connectivity index (χ0) is 17.2. The Bertz CT molecular complexity index is 633. The molecule has 2 atom stereocenters. The first-order valence-corrected chi connectivity index (χ1v) is 8.47. The van der Waals surface area contributed by atoms with Crippen LogP contribution in [-0.2, 0) is 22.4 Å². The number of fused-ring (bicyclic) bond motifs is 1. The highest BCUT2D eigenvalue weighted by Gasteiger charge is 2.27. The second-order valence-electron chi connectivity index (χ2n) is 7.22. The molecule has 1 aliphatic carbocycles. The van der Waals surface area contributed by atoms with Gasteiger partial charge in [0.15, 0.2) is 0 Å². The maximum atomic E-state index is 11.7. The van der Waals surface area contributed by atoms with E-state index in [1.807, 2.05) is 45.1 Å². The third-order valence-corrected chi connectivity index (χ3v) is 4.02. The van der Waals surface area contributed by atoms with Crippen molar-refractivity contribution in [2.45, 2.75) is 58.0 Å². The zero-order valence-electron chi connectivity index (χ0n) is 14.5. The second-order valence-corrected chi connectivity index (χ2v) is 7.22. The van der Waals surface area contributed by atoms with Gasteiger partial charge < -0.3 is 19.5 Å². The van der Waals surface area contributed by atoms with Crippen molar-refractivity contribution < 1.29 is 19.0 Å². The molecule has 1 aliphatic heterocycles. The van der Waals surface area contributed by atoms with E-state index >= 15 is 0 Å². The minimum atomic E-state index is -0.640. The molecule has 0 radical (unpaired) electrons. The van der Waals surface area contributed by atoms with Crippen molar-refractivity contribution in [2.24, 2.45) is 0 Å². The van der Waals surface area contributed by atoms with Gasteiger partial charge in [0, 0.05) is 18.5 Å². The molecule has 5 nitrogen and oxygen atoms in total. The zero-order valence-corrected chi connectivity index (χ0v) is 14.5. The number of carbonyl (C=O) groups is 1. The van der Waals surface area contributed by atoms with Crippen LogP contribution in [0.4, 0.5) is 4.79 Å². The molecule has 0 saturated heterocycles. The Morgan fingerprint density at radius 2 is 2.00 bits per heavy atom. The summed E-state index contributed by atoms with van der Waals surface area (Å²) in [5, 5.41) is 3.38. The molecule has 0 aromatic heterocycles. The molecule has 0 saturated carbocycles. The summed E-state index contributed by atoms with van der Waals surface area (Å²) in [5.74, 6) is 0.910. The van der Waals surface area contributed by atoms with E-state index in [2.05, 4.69) is 11.4 Å². The summed E-state index contributed by atoms with van der Waals surface area (Å²) < 4.78 is 16.6. The van der Waals surface area contributed by atoms with Gasteiger partial charge in [-0.05, 0) is 57.5 Å². The van der Waals surface area contributed by atoms with Crippen LogP contribution in [0.3, 0.4) is 0 Å². The highest BCUT2D eigenvalue weighted by molar-refractivity contribution is 5.61. The van der Waals surface area contributed by atoms with Crippen molar-refractivity contribution in [1.29, 1.82) is 0 Å². The number of ether oxygens (including phenoxy) is 3. The summed E-state index contributed by atoms with van der Waals surface area (Å²) in [6, 6.07) is 6.19. The Kier molecular flexibility index (Phi) is 4.81. The predicted molar refractivity (Wildman–Crippen MR) is 91.1 cm³/mol. The maximum absolute atomic E-state index is 11.7. The second kappa shape index (κ2) is 6.85. The van der Waals surface area contributed by atoms with Gasteiger partial charge in [0.25, 0.3) is 0 Å². The Hall–Kier alpha value is -2.01. The summed E-state index contributed by atoms with van der Waals surface area (Å²) in [4.78, 5) is 11.7. The van der Waals surface area contributed by atoms with Crippen LogP contribution in [0.25, 0.3) is 0 Å². The van der Waals surface area contributed by atoms with Crippen LogP contribution >= 0.6 is 0 Å². The normalized spacial score (nSPS) is 22.8. The molecule has 5 heteroatoms. The molecule has 1 N–H and O–H groups in total. The molecule has 24 heavy (non-hydrogen) atoms. The van der Waals surface area contributed by atoms with E-state index in [-0.39, 0.29) is 12.2 Å². The molecule has 2 aliphatic rings. The van der Waals surface area contributed by atoms with E-state index in [0.717, 1.165) is 25.3 Å². The first kappa shape index (κ1) is 16.8. The molecule has 1 aromatic rings. The van der Waals surface area contributed by atoms with Crippen molar-refractivity contribution >= 4 is 6.16 Å². The quantitative estimate of drug-likeness (QED) is 0.680. The SMILES string of the molecule is CC(C)(C)OC(=O)O[C@H]1C=C[C@@H](Oc2cccc3c2CNCC3)C1. The topological polar surface area (TPSA) is 56.8 Å². The molecule has 3 rings (SSSR count). The largest absolute Gasteiger partial charge is 0.509 e. The minimum absolute atomic E-state index is 0.0918. The summed E-state index contributed by atoms with van der Waals surface area (Å²) in [7, 11) is 0. The molecule has 1 heterocycles. The van der Waals surface area contributed by atoms with Crippen molar-refractivity contribution in [2.75, 3.05) is 6.54 Å². The lowest BCUT2D eigenvalue weighted by molar-refractivity contribution is -0.0207. The minimum Gasteiger partial charge on any atom is -0.486 e. The summed E-state index contributed by atoms with van der Waals surface area (Å²) in [6.07, 6.45) is 4.41. The van der Waals surface area contributed by atoms with Crippen LogP contribution in [0.1, 0.15) is 38.3 Å². The third-order valence-electron chi connectivity index (χ3n) is 4.02. The smallest absolute Gasteiger partial charge is 0.486 e. The Labute approximate surface area is 143 Å². The van der Waals surface area contributed by atoms with Gasteiger partial charge in [0.1, 0.15) is 23.6 Å². The molecular weight excluding hydrogens is 306 g/mol. The molecule has 130 valence electrons. The Morgan fingerprint density at radius 1 is 1.21 bits per heavy atom. The van der Waals surface area contributed by atoms with Gasteiger partial charge >= 0.3 is 6.16 Å². The van der Waals surface area contributed by atoms with E-state index in [0.29, 0.717) is 6.42 Å². The molecule has 0 spiro atoms. The number of rotatable bonds is 3. The number of hydrogen-bond donors (Lipinski definition) is 1. The van der Waals surface area contributed by atoms with Crippen LogP contribution in [-0.4, -0.2) is 30.5 Å². The fourth-order valence-corrected chi connectivity index (χ4v) is 2.96. The fraction of sp³-hybridized carbons (Fsp3) is 0.526. The summed E-state index contributed by atoms with van der Waals surface area (Å²) >= 11 is 0. The summed E-state index contributed by atoms with van der Waals surface area (Å²) in [6.45, 7) is 7.29. The number of benzene rings is 1. The number of nitrogens with one attached hydrogen (secondary N) is 1. The van der Waals surface area contributed by atoms with Crippen molar-refractivity contribution in [3.05, 3.63) is 41.5 Å². The Balaban J connectivity index is 1.56. The standard InChI is InChI=1S/C19H25NO4/c1-19(2,3)24-18(21)23-15-8-7-14(11-15)22-17-6-4-5-13-9-10-20-12-16(13)17/h4-8,14-15,20H,9-12H2,1-3H3/t14-,15+/m1/s1. The highest BCUT2D eigenvalue weighted by atomic mass is 16.7. The maximum Gasteiger partial charge on any atom is 0.509 e. The van der Waals surface area contributed by atoms with Gasteiger partial charge in [0.05, 0.1) is 0 Å². The van der Waals surface area contributed by atoms with Crippen LogP contribution in [0.2, 0.25) is 0 Å². The molecule has 0 amide bonds. The lowest BCUT2D eigenvalue weighted by Crippen LogP contribution is -2.28. The number of carbonyl (C=O) groups excluding carboxylic acids is 1. The van der Waals surface area contributed by atoms with E-state index < -0.39 is 11.8 Å². The van der Waals surface area contributed by atoms with Gasteiger partial charge in [-0.15, -0.1) is 0 Å². The van der Waals surface area contributed by atoms with Gasteiger partial charge in [-0.1, -0.05) is 12.1 Å². The first-order valence-electron chi connectivity index (χ1n) is 8.47. The van der Waals surface area contributed by atoms with Crippen molar-refractivity contribution in [3.8, 4) is 5.75 Å². The molecular formula is C19H25NO4. The van der Waals surface area contributed by atoms with Crippen molar-refractivity contribution in [3.63, 3.8) is 0 Å². The van der Waals surface area contributed by atoms with Crippen LogP contribution < -0.4 is 10.1 Å². The molecule has 1 aromatic carbocycles. The lowest BCUT2D eigenvalue weighted by atomic mass is 10.0. The van der Waals surface area contributed by atoms with E-state index in [4.69, 9.17) is 14.2 Å². The molecule has 0 unspecified atom stereocenters. The third kappa shape index (κ3) is 4.29. The van der Waals surface area contributed by atoms with Gasteiger partial charge in [-0.3, -0.25) is 0 Å². The van der Waals surface area contributed by atoms with Gasteiger partial charge in [-0.2, -0.15) is 0 Å². The van der Waals surface area contributed by atoms with E-state index in [1.54, 1.807) is 0 Å². The molecule has 0 fully saturated rings. The van der Waals surface area contributed by atoms with Gasteiger partial charge in [0.2, 0.25) is 0 Å². The van der Waals surface area contributed by atoms with Gasteiger partial charge in [-0.25, -0.2) is 4.79 Å². The number of hydrogen-bond acceptors (Lipinski definition) is 5. The lowest BCUT2D eigenvalue weighted by Gasteiger charge is -2.23. The van der Waals surface area contributed by atoms with Crippen LogP contribution in [0.15, 0.2) is 30.4 Å². The molecule has 0 bridgehead atoms.